The molecule has 0 aliphatic carbocycles. The van der Waals surface area contributed by atoms with Crippen LogP contribution < -0.4 is 15.4 Å². The van der Waals surface area contributed by atoms with E-state index in [4.69, 9.17) is 17.0 Å². The number of carbonyl (C=O) groups excluding carboxylic acids is 1. The Morgan fingerprint density at radius 2 is 1.64 bits per heavy atom. The van der Waals surface area contributed by atoms with E-state index in [1.165, 1.54) is 0 Å². The molecule has 0 heterocycles. The van der Waals surface area contributed by atoms with E-state index in [9.17, 15) is 13.2 Å². The van der Waals surface area contributed by atoms with Crippen LogP contribution in [0.2, 0.25) is 0 Å². The molecule has 3 N–H and O–H groups in total. The Kier molecular flexibility index (Phi) is 9.25. The molecule has 0 bridgehead atoms. The Balaban J connectivity index is 2.00. The average molecular weight is 492 g/mol. The van der Waals surface area contributed by atoms with Crippen LogP contribution in [0.15, 0.2) is 54.6 Å². The van der Waals surface area contributed by atoms with E-state index in [-0.39, 0.29) is 24.7 Å². The molecule has 0 fully saturated rings. The van der Waals surface area contributed by atoms with Crippen LogP contribution in [0.25, 0.3) is 0 Å². The van der Waals surface area contributed by atoms with E-state index in [0.717, 1.165) is 17.4 Å². The van der Waals surface area contributed by atoms with Crippen molar-refractivity contribution >= 4 is 39.0 Å². The smallest absolute Gasteiger partial charge is 0.311 e. The van der Waals surface area contributed by atoms with Crippen molar-refractivity contribution in [2.75, 3.05) is 17.6 Å². The summed E-state index contributed by atoms with van der Waals surface area (Å²) in [4.78, 5) is 12.2. The van der Waals surface area contributed by atoms with E-state index < -0.39 is 15.4 Å². The number of anilines is 1. The van der Waals surface area contributed by atoms with Crippen LogP contribution in [0, 0.1) is 5.41 Å². The molecule has 0 aromatic heterocycles. The molecule has 0 aliphatic rings. The number of rotatable bonds is 9. The molecule has 0 radical (unpaired) electrons. The van der Waals surface area contributed by atoms with Crippen molar-refractivity contribution in [3.8, 4) is 0 Å². The van der Waals surface area contributed by atoms with Crippen LogP contribution in [-0.2, 0) is 26.0 Å². The normalized spacial score (nSPS) is 13.5. The largest absolute Gasteiger partial charge is 0.463 e. The van der Waals surface area contributed by atoms with Crippen molar-refractivity contribution in [2.24, 2.45) is 5.41 Å². The number of sulfonamides is 1. The first-order valence-corrected chi connectivity index (χ1v) is 13.0. The number of esters is 1. The van der Waals surface area contributed by atoms with Crippen molar-refractivity contribution < 1.29 is 17.9 Å². The third-order valence-electron chi connectivity index (χ3n) is 4.75. The molecule has 180 valence electrons. The maximum Gasteiger partial charge on any atom is 0.311 e. The number of hydrogen-bond donors (Lipinski definition) is 3. The van der Waals surface area contributed by atoms with Gasteiger partial charge in [0.05, 0.1) is 23.8 Å². The minimum atomic E-state index is -3.32. The molecule has 0 spiro atoms. The molecular formula is C24H33N3O4S2. The molecule has 9 heteroatoms. The van der Waals surface area contributed by atoms with Gasteiger partial charge in [0.1, 0.15) is 6.61 Å². The van der Waals surface area contributed by atoms with Crippen molar-refractivity contribution in [1.82, 2.24) is 10.6 Å². The minimum absolute atomic E-state index is 0.119. The van der Waals surface area contributed by atoms with Gasteiger partial charge >= 0.3 is 5.97 Å². The number of carbonyl (C=O) groups is 1. The van der Waals surface area contributed by atoms with Gasteiger partial charge in [-0.25, -0.2) is 8.42 Å². The number of benzene rings is 2. The van der Waals surface area contributed by atoms with Gasteiger partial charge in [-0.05, 0) is 69.6 Å². The Morgan fingerprint density at radius 1 is 1.03 bits per heavy atom. The SMILES string of the molecule is C[C@@H](NC(=S)N[C@H](COC(=O)C(C)(C)C)Cc1ccccc1)c1ccc(NS(C)(=O)=O)cc1. The van der Waals surface area contributed by atoms with Gasteiger partial charge in [0.15, 0.2) is 5.11 Å². The van der Waals surface area contributed by atoms with Gasteiger partial charge in [-0.2, -0.15) is 0 Å². The highest BCUT2D eigenvalue weighted by Gasteiger charge is 2.24. The van der Waals surface area contributed by atoms with E-state index in [1.807, 2.05) is 70.2 Å². The second kappa shape index (κ2) is 11.5. The molecule has 0 amide bonds. The summed E-state index contributed by atoms with van der Waals surface area (Å²) in [5.41, 5.74) is 1.96. The summed E-state index contributed by atoms with van der Waals surface area (Å²) in [5.74, 6) is -0.266. The summed E-state index contributed by atoms with van der Waals surface area (Å²) in [6, 6.07) is 16.7. The Labute approximate surface area is 202 Å². The lowest BCUT2D eigenvalue weighted by atomic mass is 9.97. The quantitative estimate of drug-likeness (QED) is 0.363. The van der Waals surface area contributed by atoms with Crippen LogP contribution in [0.3, 0.4) is 0 Å². The van der Waals surface area contributed by atoms with E-state index in [1.54, 1.807) is 12.1 Å². The molecule has 7 nitrogen and oxygen atoms in total. The first kappa shape index (κ1) is 26.6. The maximum absolute atomic E-state index is 12.2. The third-order valence-corrected chi connectivity index (χ3v) is 5.59. The monoisotopic (exact) mass is 491 g/mol. The van der Waals surface area contributed by atoms with Crippen LogP contribution in [0.5, 0.6) is 0 Å². The van der Waals surface area contributed by atoms with E-state index in [0.29, 0.717) is 17.2 Å². The number of hydrogen-bond acceptors (Lipinski definition) is 5. The molecule has 0 aliphatic heterocycles. The fraction of sp³-hybridized carbons (Fsp3) is 0.417. The van der Waals surface area contributed by atoms with E-state index in [2.05, 4.69) is 15.4 Å². The van der Waals surface area contributed by atoms with Gasteiger partial charge in [0, 0.05) is 5.69 Å². The predicted octanol–water partition coefficient (Wildman–Crippen LogP) is 3.78. The third kappa shape index (κ3) is 9.79. The van der Waals surface area contributed by atoms with Crippen molar-refractivity contribution in [3.05, 3.63) is 65.7 Å². The number of thiocarbonyl (C=S) groups is 1. The lowest BCUT2D eigenvalue weighted by molar-refractivity contribution is -0.153. The second-order valence-electron chi connectivity index (χ2n) is 9.07. The molecule has 33 heavy (non-hydrogen) atoms. The van der Waals surface area contributed by atoms with Gasteiger partial charge < -0.3 is 15.4 Å². The van der Waals surface area contributed by atoms with Crippen LogP contribution in [-0.4, -0.2) is 38.4 Å². The fourth-order valence-electron chi connectivity index (χ4n) is 3.00. The standard InChI is InChI=1S/C24H33N3O4S2/c1-17(19-11-13-20(14-12-19)27-33(5,29)30)25-23(32)26-21(15-18-9-7-6-8-10-18)16-31-22(28)24(2,3)4/h6-14,17,21,27H,15-16H2,1-5H3,(H2,25,26,32)/t17-,21+/m1/s1. The zero-order valence-electron chi connectivity index (χ0n) is 19.7. The lowest BCUT2D eigenvalue weighted by Gasteiger charge is -2.25. The van der Waals surface area contributed by atoms with Crippen LogP contribution >= 0.6 is 12.2 Å². The lowest BCUT2D eigenvalue weighted by Crippen LogP contribution is -2.46. The maximum atomic E-state index is 12.2. The Bertz CT molecular complexity index is 1030. The molecule has 2 aromatic carbocycles. The van der Waals surface area contributed by atoms with Crippen LogP contribution in [0.4, 0.5) is 5.69 Å². The molecule has 2 rings (SSSR count). The minimum Gasteiger partial charge on any atom is -0.463 e. The molecule has 0 saturated carbocycles. The molecular weight excluding hydrogens is 458 g/mol. The predicted molar refractivity (Wildman–Crippen MR) is 137 cm³/mol. The van der Waals surface area contributed by atoms with Crippen LogP contribution in [0.1, 0.15) is 44.9 Å². The highest BCUT2D eigenvalue weighted by atomic mass is 32.2. The zero-order chi connectivity index (χ0) is 24.6. The van der Waals surface area contributed by atoms with E-state index >= 15 is 0 Å². The van der Waals surface area contributed by atoms with Crippen molar-refractivity contribution in [2.45, 2.75) is 46.2 Å². The first-order chi connectivity index (χ1) is 15.3. The van der Waals surface area contributed by atoms with Gasteiger partial charge in [0.25, 0.3) is 0 Å². The topological polar surface area (TPSA) is 96.5 Å². The highest BCUT2D eigenvalue weighted by molar-refractivity contribution is 7.92. The fourth-order valence-corrected chi connectivity index (χ4v) is 3.91. The van der Waals surface area contributed by atoms with Gasteiger partial charge in [0.2, 0.25) is 10.0 Å². The Hall–Kier alpha value is -2.65. The molecule has 0 unspecified atom stereocenters. The summed E-state index contributed by atoms with van der Waals surface area (Å²) in [6.07, 6.45) is 1.75. The van der Waals surface area contributed by atoms with Gasteiger partial charge in [-0.1, -0.05) is 42.5 Å². The number of ether oxygens (including phenoxy) is 1. The summed E-state index contributed by atoms with van der Waals surface area (Å²) < 4.78 is 30.7. The summed E-state index contributed by atoms with van der Waals surface area (Å²) in [7, 11) is -3.32. The Morgan fingerprint density at radius 3 is 2.18 bits per heavy atom. The van der Waals surface area contributed by atoms with Gasteiger partial charge in [-0.3, -0.25) is 9.52 Å². The first-order valence-electron chi connectivity index (χ1n) is 10.7. The molecule has 2 atom stereocenters. The summed E-state index contributed by atoms with van der Waals surface area (Å²) in [6.45, 7) is 7.60. The molecule has 0 saturated heterocycles. The summed E-state index contributed by atoms with van der Waals surface area (Å²) >= 11 is 5.52. The van der Waals surface area contributed by atoms with Gasteiger partial charge in [-0.15, -0.1) is 0 Å². The second-order valence-corrected chi connectivity index (χ2v) is 11.2. The average Bonchev–Trinajstić information content (AvgIpc) is 2.71. The zero-order valence-corrected chi connectivity index (χ0v) is 21.3. The van der Waals surface area contributed by atoms with Crippen molar-refractivity contribution in [3.63, 3.8) is 0 Å². The molecule has 2 aromatic rings. The highest BCUT2D eigenvalue weighted by Crippen LogP contribution is 2.18. The number of nitrogens with one attached hydrogen (secondary N) is 3. The summed E-state index contributed by atoms with van der Waals surface area (Å²) in [5, 5.41) is 6.94. The van der Waals surface area contributed by atoms with Crippen molar-refractivity contribution in [1.29, 1.82) is 0 Å².